The van der Waals surface area contributed by atoms with Crippen LogP contribution in [0.4, 0.5) is 0 Å². The Labute approximate surface area is 122 Å². The van der Waals surface area contributed by atoms with Gasteiger partial charge < -0.3 is 15.9 Å². The lowest BCUT2D eigenvalue weighted by Crippen LogP contribution is -2.32. The number of benzene rings is 1. The van der Waals surface area contributed by atoms with Crippen molar-refractivity contribution in [2.45, 2.75) is 12.5 Å². The first-order chi connectivity index (χ1) is 6.09. The third-order valence-electron chi connectivity index (χ3n) is 1.71. The summed E-state index contributed by atoms with van der Waals surface area (Å²) in [4.78, 5) is 10.4. The number of carboxylic acid groups (broad SMARTS) is 1. The van der Waals surface area contributed by atoms with Crippen molar-refractivity contribution >= 4 is 53.9 Å². The Balaban J connectivity index is 0. The van der Waals surface area contributed by atoms with Gasteiger partial charge in [-0.05, 0) is 24.1 Å². The fourth-order valence-corrected chi connectivity index (χ4v) is 0.973. The van der Waals surface area contributed by atoms with Crippen molar-refractivity contribution in [3.8, 4) is 5.75 Å². The second-order valence-corrected chi connectivity index (χ2v) is 2.82. The molecule has 1 aromatic carbocycles. The predicted octanol–water partition coefficient (Wildman–Crippen LogP) is 1.58. The minimum absolute atomic E-state index is 0. The zero-order valence-corrected chi connectivity index (χ0v) is 12.5. The monoisotopic (exact) mass is 437 g/mol. The molecule has 4 nitrogen and oxygen atoms in total. The van der Waals surface area contributed by atoms with Gasteiger partial charge in [0.2, 0.25) is 0 Å². The van der Waals surface area contributed by atoms with Crippen LogP contribution in [0.3, 0.4) is 0 Å². The Morgan fingerprint density at radius 2 is 1.73 bits per heavy atom. The largest absolute Gasteiger partial charge is 0.508 e. The average Bonchev–Trinajstić information content (AvgIpc) is 2.08. The van der Waals surface area contributed by atoms with E-state index < -0.39 is 12.0 Å². The molecule has 0 aliphatic heterocycles. The Kier molecular flexibility index (Phi) is 9.36. The van der Waals surface area contributed by atoms with Gasteiger partial charge in [-0.3, -0.25) is 4.79 Å². The number of phenolic OH excluding ortho intramolecular Hbond substituents is 1. The molecule has 4 N–H and O–H groups in total. The SMILES string of the molecule is I.I.NC(Cc1ccc(O)cc1)C(=O)O. The summed E-state index contributed by atoms with van der Waals surface area (Å²) < 4.78 is 0. The summed E-state index contributed by atoms with van der Waals surface area (Å²) in [6.45, 7) is 0. The van der Waals surface area contributed by atoms with E-state index in [0.717, 1.165) is 5.56 Å². The van der Waals surface area contributed by atoms with Gasteiger partial charge in [-0.2, -0.15) is 0 Å². The smallest absolute Gasteiger partial charge is 0.320 e. The molecular formula is C9H13I2NO3. The van der Waals surface area contributed by atoms with Gasteiger partial charge in [0.15, 0.2) is 0 Å². The molecule has 6 heteroatoms. The summed E-state index contributed by atoms with van der Waals surface area (Å²) in [6, 6.07) is 5.42. The Morgan fingerprint density at radius 1 is 1.27 bits per heavy atom. The molecular weight excluding hydrogens is 424 g/mol. The number of aliphatic carboxylic acids is 1. The number of carboxylic acids is 1. The van der Waals surface area contributed by atoms with Gasteiger partial charge in [-0.15, -0.1) is 48.0 Å². The fourth-order valence-electron chi connectivity index (χ4n) is 0.973. The van der Waals surface area contributed by atoms with Crippen LogP contribution in [0.15, 0.2) is 24.3 Å². The first-order valence-electron chi connectivity index (χ1n) is 3.86. The van der Waals surface area contributed by atoms with E-state index in [1.54, 1.807) is 12.1 Å². The molecule has 0 aromatic heterocycles. The van der Waals surface area contributed by atoms with Crippen LogP contribution in [-0.2, 0) is 11.2 Å². The van der Waals surface area contributed by atoms with Crippen molar-refractivity contribution in [2.24, 2.45) is 5.73 Å². The van der Waals surface area contributed by atoms with Crippen LogP contribution in [0.2, 0.25) is 0 Å². The van der Waals surface area contributed by atoms with Crippen LogP contribution >= 0.6 is 48.0 Å². The lowest BCUT2D eigenvalue weighted by molar-refractivity contribution is -0.138. The number of phenols is 1. The number of hydrogen-bond acceptors (Lipinski definition) is 3. The van der Waals surface area contributed by atoms with E-state index in [4.69, 9.17) is 15.9 Å². The lowest BCUT2D eigenvalue weighted by atomic mass is 10.1. The average molecular weight is 437 g/mol. The van der Waals surface area contributed by atoms with Gasteiger partial charge in [-0.1, -0.05) is 12.1 Å². The number of carbonyl (C=O) groups is 1. The Hall–Kier alpha value is -0.0900. The summed E-state index contributed by atoms with van der Waals surface area (Å²) in [5, 5.41) is 17.5. The van der Waals surface area contributed by atoms with E-state index >= 15 is 0 Å². The standard InChI is InChI=1S/C9H11NO3.2HI/c10-8(9(12)13)5-6-1-3-7(11)4-2-6;;/h1-4,8,11H,5,10H2,(H,12,13);2*1H. The fraction of sp³-hybridized carbons (Fsp3) is 0.222. The van der Waals surface area contributed by atoms with Gasteiger partial charge in [-0.25, -0.2) is 0 Å². The molecule has 1 rings (SSSR count). The van der Waals surface area contributed by atoms with E-state index in [-0.39, 0.29) is 60.1 Å². The van der Waals surface area contributed by atoms with Gasteiger partial charge in [0.25, 0.3) is 0 Å². The molecule has 0 radical (unpaired) electrons. The minimum Gasteiger partial charge on any atom is -0.508 e. The summed E-state index contributed by atoms with van der Waals surface area (Å²) in [7, 11) is 0. The molecule has 0 fully saturated rings. The van der Waals surface area contributed by atoms with Crippen molar-refractivity contribution in [3.63, 3.8) is 0 Å². The molecule has 1 aromatic rings. The highest BCUT2D eigenvalue weighted by Crippen LogP contribution is 2.10. The first-order valence-corrected chi connectivity index (χ1v) is 3.86. The number of hydrogen-bond donors (Lipinski definition) is 3. The molecule has 0 aliphatic carbocycles. The van der Waals surface area contributed by atoms with Crippen molar-refractivity contribution < 1.29 is 15.0 Å². The van der Waals surface area contributed by atoms with Crippen LogP contribution in [0.5, 0.6) is 5.75 Å². The van der Waals surface area contributed by atoms with E-state index in [1.807, 2.05) is 0 Å². The second kappa shape index (κ2) is 8.11. The molecule has 0 saturated carbocycles. The summed E-state index contributed by atoms with van der Waals surface area (Å²) in [5.74, 6) is -0.860. The van der Waals surface area contributed by atoms with Crippen LogP contribution in [0, 0.1) is 0 Å². The topological polar surface area (TPSA) is 83.5 Å². The maximum Gasteiger partial charge on any atom is 0.320 e. The Bertz CT molecular complexity index is 303. The molecule has 0 saturated heterocycles. The van der Waals surface area contributed by atoms with Crippen molar-refractivity contribution in [3.05, 3.63) is 29.8 Å². The third kappa shape index (κ3) is 6.15. The number of nitrogens with two attached hydrogens (primary N) is 1. The van der Waals surface area contributed by atoms with Crippen molar-refractivity contribution in [1.29, 1.82) is 0 Å². The van der Waals surface area contributed by atoms with Gasteiger partial charge in [0, 0.05) is 0 Å². The van der Waals surface area contributed by atoms with Gasteiger partial charge in [0.05, 0.1) is 0 Å². The normalized spacial score (nSPS) is 10.7. The quantitative estimate of drug-likeness (QED) is 0.628. The van der Waals surface area contributed by atoms with Crippen molar-refractivity contribution in [2.75, 3.05) is 0 Å². The highest BCUT2D eigenvalue weighted by molar-refractivity contribution is 14.0. The van der Waals surface area contributed by atoms with Crippen LogP contribution < -0.4 is 5.73 Å². The molecule has 1 atom stereocenters. The lowest BCUT2D eigenvalue weighted by Gasteiger charge is -2.05. The van der Waals surface area contributed by atoms with Gasteiger partial charge >= 0.3 is 5.97 Å². The molecule has 0 amide bonds. The predicted molar refractivity (Wildman–Crippen MR) is 78.3 cm³/mol. The molecule has 0 heterocycles. The maximum absolute atomic E-state index is 10.4. The van der Waals surface area contributed by atoms with Crippen LogP contribution in [0.1, 0.15) is 5.56 Å². The van der Waals surface area contributed by atoms with Crippen LogP contribution in [0.25, 0.3) is 0 Å². The number of aromatic hydroxyl groups is 1. The molecule has 0 aliphatic rings. The number of rotatable bonds is 3. The summed E-state index contributed by atoms with van der Waals surface area (Å²) >= 11 is 0. The Morgan fingerprint density at radius 3 is 2.13 bits per heavy atom. The summed E-state index contributed by atoms with van der Waals surface area (Å²) in [6.07, 6.45) is 0.273. The zero-order valence-electron chi connectivity index (χ0n) is 7.79. The van der Waals surface area contributed by atoms with E-state index in [9.17, 15) is 4.79 Å². The summed E-state index contributed by atoms with van der Waals surface area (Å²) in [5.41, 5.74) is 6.12. The molecule has 15 heavy (non-hydrogen) atoms. The van der Waals surface area contributed by atoms with E-state index in [0.29, 0.717) is 0 Å². The molecule has 86 valence electrons. The minimum atomic E-state index is -1.02. The van der Waals surface area contributed by atoms with Crippen LogP contribution in [-0.4, -0.2) is 22.2 Å². The number of halogens is 2. The molecule has 0 bridgehead atoms. The second-order valence-electron chi connectivity index (χ2n) is 2.82. The molecule has 0 spiro atoms. The molecule has 1 unspecified atom stereocenters. The highest BCUT2D eigenvalue weighted by atomic mass is 127. The van der Waals surface area contributed by atoms with Gasteiger partial charge in [0.1, 0.15) is 11.8 Å². The highest BCUT2D eigenvalue weighted by Gasteiger charge is 2.11. The van der Waals surface area contributed by atoms with Crippen molar-refractivity contribution in [1.82, 2.24) is 0 Å². The van der Waals surface area contributed by atoms with E-state index in [2.05, 4.69) is 0 Å². The first kappa shape index (κ1) is 17.3. The van der Waals surface area contributed by atoms with E-state index in [1.165, 1.54) is 12.1 Å². The third-order valence-corrected chi connectivity index (χ3v) is 1.71. The zero-order chi connectivity index (χ0) is 9.84. The maximum atomic E-state index is 10.4.